The maximum Gasteiger partial charge on any atom is 0.373 e. The van der Waals surface area contributed by atoms with Crippen LogP contribution in [0.15, 0.2) is 85.3 Å². The van der Waals surface area contributed by atoms with Gasteiger partial charge in [0, 0.05) is 16.2 Å². The lowest BCUT2D eigenvalue weighted by molar-refractivity contribution is -0.191. The minimum atomic E-state index is -1.32. The number of aromatic hydroxyl groups is 1. The zero-order valence-electron chi connectivity index (χ0n) is 23.0. The molecule has 0 aliphatic carbocycles. The summed E-state index contributed by atoms with van der Waals surface area (Å²) in [7, 11) is 3.01. The van der Waals surface area contributed by atoms with Crippen molar-refractivity contribution in [3.63, 3.8) is 0 Å². The standard InChI is InChI=1S/C11H8FNO3.C10H8FNO.C9H6FNO.CO2/c1-16-8-4-2-3-6-9(11(14)15)7(12)5-13-10(6)8;1-13-9-4-2-3-7-5-8(11)6-12-10(7)9;10-7-4-6-2-1-3-8(12)9(6)11-5-7;2-1-3/h2-5H,1H3,(H,14,15);2-6H,1H3;1-5,12H;. The van der Waals surface area contributed by atoms with Gasteiger partial charge in [0.15, 0.2) is 5.82 Å². The van der Waals surface area contributed by atoms with E-state index in [1.54, 1.807) is 43.5 Å². The van der Waals surface area contributed by atoms with E-state index < -0.39 is 17.6 Å². The predicted octanol–water partition coefficient (Wildman–Crippen LogP) is 5.96. The summed E-state index contributed by atoms with van der Waals surface area (Å²) >= 11 is 0. The van der Waals surface area contributed by atoms with Crippen LogP contribution in [-0.2, 0) is 9.59 Å². The minimum Gasteiger partial charge on any atom is -0.506 e. The van der Waals surface area contributed by atoms with Crippen LogP contribution in [-0.4, -0.2) is 51.5 Å². The summed E-state index contributed by atoms with van der Waals surface area (Å²) in [4.78, 5) is 38.7. The van der Waals surface area contributed by atoms with E-state index in [9.17, 15) is 23.1 Å². The van der Waals surface area contributed by atoms with Gasteiger partial charge < -0.3 is 19.7 Å². The molecule has 0 bridgehead atoms. The third kappa shape index (κ3) is 7.81. The predicted molar refractivity (Wildman–Crippen MR) is 152 cm³/mol. The minimum absolute atomic E-state index is 0.0764. The summed E-state index contributed by atoms with van der Waals surface area (Å²) in [5, 5.41) is 19.8. The third-order valence-corrected chi connectivity index (χ3v) is 5.76. The first-order valence-electron chi connectivity index (χ1n) is 12.3. The van der Waals surface area contributed by atoms with Gasteiger partial charge in [-0.25, -0.2) is 32.9 Å². The number of fused-ring (bicyclic) bond motifs is 3. The first-order valence-corrected chi connectivity index (χ1v) is 12.3. The molecule has 0 amide bonds. The number of carboxylic acids is 1. The molecule has 0 spiro atoms. The Hall–Kier alpha value is -6.07. The molecule has 0 saturated carbocycles. The highest BCUT2D eigenvalue weighted by Gasteiger charge is 2.17. The maximum atomic E-state index is 13.3. The highest BCUT2D eigenvalue weighted by atomic mass is 19.1. The number of carbonyl (C=O) groups is 1. The van der Waals surface area contributed by atoms with Crippen LogP contribution in [0.25, 0.3) is 32.7 Å². The topological polar surface area (TPSA) is 149 Å². The number of phenolic OH excluding ortho intramolecular Hbond substituents is 1. The molecule has 0 aliphatic heterocycles. The van der Waals surface area contributed by atoms with Crippen LogP contribution < -0.4 is 9.47 Å². The summed E-state index contributed by atoms with van der Waals surface area (Å²) in [5.41, 5.74) is 1.07. The average Bonchev–Trinajstić information content (AvgIpc) is 3.01. The smallest absolute Gasteiger partial charge is 0.373 e. The number of benzene rings is 3. The van der Waals surface area contributed by atoms with E-state index in [1.807, 2.05) is 6.07 Å². The van der Waals surface area contributed by atoms with Gasteiger partial charge in [0.05, 0.1) is 32.8 Å². The van der Waals surface area contributed by atoms with Crippen LogP contribution in [0.5, 0.6) is 17.2 Å². The highest BCUT2D eigenvalue weighted by molar-refractivity contribution is 6.04. The highest BCUT2D eigenvalue weighted by Crippen LogP contribution is 2.27. The SMILES string of the molecule is COc1cccc2c(C(=O)O)c(F)cnc12.COc1cccc2cc(F)cnc12.O=C=O.Oc1cccc2cc(F)cnc12. The summed E-state index contributed by atoms with van der Waals surface area (Å²) in [6, 6.07) is 17.8. The van der Waals surface area contributed by atoms with E-state index in [4.69, 9.17) is 24.2 Å². The lowest BCUT2D eigenvalue weighted by Gasteiger charge is -2.06. The number of nitrogens with zero attached hydrogens (tertiary/aromatic N) is 3. The van der Waals surface area contributed by atoms with E-state index in [2.05, 4.69) is 15.0 Å². The third-order valence-electron chi connectivity index (χ3n) is 5.76. The van der Waals surface area contributed by atoms with Crippen LogP contribution in [0.3, 0.4) is 0 Å². The fraction of sp³-hybridized carbons (Fsp3) is 0.0645. The lowest BCUT2D eigenvalue weighted by atomic mass is 10.1. The molecule has 0 saturated heterocycles. The summed E-state index contributed by atoms with van der Waals surface area (Å²) in [6.45, 7) is 0. The molecule has 0 unspecified atom stereocenters. The number of hydrogen-bond acceptors (Lipinski definition) is 9. The van der Waals surface area contributed by atoms with E-state index >= 15 is 0 Å². The molecule has 3 aromatic heterocycles. The molecule has 224 valence electrons. The number of pyridine rings is 3. The van der Waals surface area contributed by atoms with Crippen molar-refractivity contribution in [2.24, 2.45) is 0 Å². The van der Waals surface area contributed by atoms with Gasteiger partial charge in [-0.15, -0.1) is 0 Å². The number of hydrogen-bond donors (Lipinski definition) is 2. The van der Waals surface area contributed by atoms with Crippen LogP contribution in [0.2, 0.25) is 0 Å². The fourth-order valence-electron chi connectivity index (χ4n) is 3.94. The zero-order chi connectivity index (χ0) is 32.2. The number of halogens is 3. The Bertz CT molecular complexity index is 1970. The van der Waals surface area contributed by atoms with E-state index in [0.717, 1.165) is 17.8 Å². The Kier molecular flexibility index (Phi) is 11.2. The molecular formula is C31H22F3N3O7. The van der Waals surface area contributed by atoms with Crippen molar-refractivity contribution >= 4 is 44.8 Å². The number of para-hydroxylation sites is 3. The summed E-state index contributed by atoms with van der Waals surface area (Å²) in [6.07, 6.45) is 3.40. The molecule has 0 atom stereocenters. The van der Waals surface area contributed by atoms with Gasteiger partial charge in [-0.2, -0.15) is 9.59 Å². The van der Waals surface area contributed by atoms with Crippen molar-refractivity contribution in [3.05, 3.63) is 108 Å². The number of rotatable bonds is 3. The van der Waals surface area contributed by atoms with Crippen molar-refractivity contribution < 1.29 is 47.2 Å². The molecular weight excluding hydrogens is 583 g/mol. The Labute approximate surface area is 247 Å². The molecule has 13 heteroatoms. The lowest BCUT2D eigenvalue weighted by Crippen LogP contribution is -2.03. The van der Waals surface area contributed by atoms with Gasteiger partial charge in [-0.05, 0) is 30.3 Å². The second kappa shape index (κ2) is 15.2. The molecule has 6 aromatic rings. The number of ether oxygens (including phenoxy) is 2. The fourth-order valence-corrected chi connectivity index (χ4v) is 3.94. The van der Waals surface area contributed by atoms with Crippen molar-refractivity contribution in [1.29, 1.82) is 0 Å². The van der Waals surface area contributed by atoms with Gasteiger partial charge in [0.1, 0.15) is 51.0 Å². The molecule has 2 N–H and O–H groups in total. The van der Waals surface area contributed by atoms with Crippen LogP contribution in [0, 0.1) is 17.5 Å². The van der Waals surface area contributed by atoms with Crippen molar-refractivity contribution in [2.45, 2.75) is 0 Å². The normalized spacial score (nSPS) is 9.84. The van der Waals surface area contributed by atoms with Crippen LogP contribution in [0.1, 0.15) is 10.4 Å². The Morgan fingerprint density at radius 3 is 1.77 bits per heavy atom. The van der Waals surface area contributed by atoms with Crippen LogP contribution >= 0.6 is 0 Å². The van der Waals surface area contributed by atoms with E-state index in [1.165, 1.54) is 37.6 Å². The number of methoxy groups -OCH3 is 2. The van der Waals surface area contributed by atoms with Gasteiger partial charge in [-0.3, -0.25) is 0 Å². The molecule has 3 aromatic carbocycles. The zero-order valence-corrected chi connectivity index (χ0v) is 23.0. The maximum absolute atomic E-state index is 13.3. The average molecular weight is 606 g/mol. The van der Waals surface area contributed by atoms with Gasteiger partial charge >= 0.3 is 12.1 Å². The number of carbonyl (C=O) groups excluding carboxylic acids is 2. The van der Waals surface area contributed by atoms with Crippen molar-refractivity contribution in [1.82, 2.24) is 15.0 Å². The Morgan fingerprint density at radius 1 is 0.727 bits per heavy atom. The summed E-state index contributed by atoms with van der Waals surface area (Å²) < 4.78 is 48.8. The molecule has 10 nitrogen and oxygen atoms in total. The monoisotopic (exact) mass is 605 g/mol. The number of aromatic nitrogens is 3. The number of aromatic carboxylic acids is 1. The van der Waals surface area contributed by atoms with Crippen LogP contribution in [0.4, 0.5) is 13.2 Å². The quantitative estimate of drug-likeness (QED) is 0.248. The van der Waals surface area contributed by atoms with E-state index in [-0.39, 0.29) is 28.7 Å². The molecule has 0 radical (unpaired) electrons. The molecule has 0 aliphatic rings. The van der Waals surface area contributed by atoms with Gasteiger partial charge in [-0.1, -0.05) is 36.4 Å². The molecule has 44 heavy (non-hydrogen) atoms. The second-order valence-electron chi connectivity index (χ2n) is 8.41. The van der Waals surface area contributed by atoms with E-state index in [0.29, 0.717) is 33.4 Å². The molecule has 6 rings (SSSR count). The van der Waals surface area contributed by atoms with Crippen molar-refractivity contribution in [3.8, 4) is 17.2 Å². The number of carboxylic acid groups (broad SMARTS) is 1. The van der Waals surface area contributed by atoms with Gasteiger partial charge in [0.2, 0.25) is 0 Å². The largest absolute Gasteiger partial charge is 0.506 e. The number of phenols is 1. The van der Waals surface area contributed by atoms with Gasteiger partial charge in [0.25, 0.3) is 0 Å². The molecule has 0 fully saturated rings. The first-order chi connectivity index (χ1) is 21.1. The Morgan fingerprint density at radius 2 is 1.20 bits per heavy atom. The summed E-state index contributed by atoms with van der Waals surface area (Å²) in [5.74, 6) is -1.75. The second-order valence-corrected chi connectivity index (χ2v) is 8.41. The first kappa shape index (κ1) is 32.4. The molecule has 3 heterocycles. The van der Waals surface area contributed by atoms with Crippen molar-refractivity contribution in [2.75, 3.05) is 14.2 Å². The Balaban J connectivity index is 0.000000174.